The van der Waals surface area contributed by atoms with E-state index in [-0.39, 0.29) is 33.0 Å². The third kappa shape index (κ3) is 3.93. The van der Waals surface area contributed by atoms with Crippen molar-refractivity contribution in [3.05, 3.63) is 53.1 Å². The SMILES string of the molecule is COc1cccc(OC)c1C(=O)Pc1c(C)cccc1C.[LiH]. The van der Waals surface area contributed by atoms with Crippen molar-refractivity contribution in [1.29, 1.82) is 0 Å². The fraction of sp³-hybridized carbons (Fsp3) is 0.235. The Labute approximate surface area is 145 Å². The van der Waals surface area contributed by atoms with Crippen molar-refractivity contribution in [3.8, 4) is 11.5 Å². The molecule has 0 aliphatic heterocycles. The van der Waals surface area contributed by atoms with Gasteiger partial charge >= 0.3 is 18.9 Å². The molecule has 0 radical (unpaired) electrons. The predicted molar refractivity (Wildman–Crippen MR) is 94.9 cm³/mol. The van der Waals surface area contributed by atoms with Crippen LogP contribution in [0.4, 0.5) is 0 Å². The van der Waals surface area contributed by atoms with Crippen molar-refractivity contribution < 1.29 is 14.3 Å². The Morgan fingerprint density at radius 3 is 1.82 bits per heavy atom. The summed E-state index contributed by atoms with van der Waals surface area (Å²) in [5.41, 5.74) is 2.82. The molecule has 112 valence electrons. The number of hydrogen-bond acceptors (Lipinski definition) is 3. The Kier molecular flexibility index (Phi) is 7.17. The molecule has 1 atom stereocenters. The summed E-state index contributed by atoms with van der Waals surface area (Å²) in [5.74, 6) is 1.11. The van der Waals surface area contributed by atoms with E-state index < -0.39 is 0 Å². The molecule has 3 nitrogen and oxygen atoms in total. The van der Waals surface area contributed by atoms with E-state index in [1.807, 2.05) is 38.1 Å². The van der Waals surface area contributed by atoms with Crippen LogP contribution in [-0.2, 0) is 0 Å². The van der Waals surface area contributed by atoms with Gasteiger partial charge in [-0.25, -0.2) is 0 Å². The normalized spacial score (nSPS) is 10.4. The second-order valence-electron chi connectivity index (χ2n) is 4.76. The average molecular weight is 310 g/mol. The van der Waals surface area contributed by atoms with Gasteiger partial charge in [-0.2, -0.15) is 0 Å². The number of benzene rings is 2. The molecule has 0 amide bonds. The second-order valence-corrected chi connectivity index (χ2v) is 5.96. The van der Waals surface area contributed by atoms with Crippen molar-refractivity contribution in [1.82, 2.24) is 0 Å². The van der Waals surface area contributed by atoms with Crippen LogP contribution < -0.4 is 14.8 Å². The third-order valence-electron chi connectivity index (χ3n) is 3.37. The quantitative estimate of drug-likeness (QED) is 0.629. The first-order valence-corrected chi connectivity index (χ1v) is 7.67. The van der Waals surface area contributed by atoms with Crippen LogP contribution in [0.1, 0.15) is 21.5 Å². The Bertz CT molecular complexity index is 628. The number of hydrogen-bond donors (Lipinski definition) is 0. The fourth-order valence-corrected chi connectivity index (χ4v) is 3.42. The van der Waals surface area contributed by atoms with E-state index >= 15 is 0 Å². The molecule has 0 fully saturated rings. The number of ether oxygens (including phenoxy) is 2. The number of rotatable bonds is 5. The molecule has 0 N–H and O–H groups in total. The van der Waals surface area contributed by atoms with E-state index in [1.165, 1.54) is 0 Å². The van der Waals surface area contributed by atoms with Gasteiger partial charge in [0.1, 0.15) is 17.1 Å². The van der Waals surface area contributed by atoms with Gasteiger partial charge in [0.25, 0.3) is 0 Å². The van der Waals surface area contributed by atoms with E-state index in [2.05, 4.69) is 0 Å². The third-order valence-corrected chi connectivity index (χ3v) is 4.89. The minimum atomic E-state index is 0. The van der Waals surface area contributed by atoms with Gasteiger partial charge in [-0.3, -0.25) is 4.79 Å². The fourth-order valence-electron chi connectivity index (χ4n) is 2.26. The first-order valence-electron chi connectivity index (χ1n) is 6.67. The number of carbonyl (C=O) groups excluding carboxylic acids is 1. The predicted octanol–water partition coefficient (Wildman–Crippen LogP) is 2.82. The van der Waals surface area contributed by atoms with Gasteiger partial charge in [0.15, 0.2) is 5.52 Å². The van der Waals surface area contributed by atoms with Crippen LogP contribution in [0.2, 0.25) is 0 Å². The van der Waals surface area contributed by atoms with E-state index in [0.29, 0.717) is 17.1 Å². The minimum absolute atomic E-state index is 0. The summed E-state index contributed by atoms with van der Waals surface area (Å²) in [6.07, 6.45) is 0. The van der Waals surface area contributed by atoms with Crippen LogP contribution in [0.3, 0.4) is 0 Å². The average Bonchev–Trinajstić information content (AvgIpc) is 2.49. The van der Waals surface area contributed by atoms with Crippen LogP contribution >= 0.6 is 8.58 Å². The molecule has 0 aromatic heterocycles. The Morgan fingerprint density at radius 1 is 0.909 bits per heavy atom. The van der Waals surface area contributed by atoms with Crippen LogP contribution in [0.5, 0.6) is 11.5 Å². The van der Waals surface area contributed by atoms with E-state index in [4.69, 9.17) is 9.47 Å². The first-order chi connectivity index (χ1) is 10.1. The molecular formula is C17H20LiO3P. The number of aryl methyl sites for hydroxylation is 2. The Morgan fingerprint density at radius 2 is 1.36 bits per heavy atom. The van der Waals surface area contributed by atoms with E-state index in [0.717, 1.165) is 16.4 Å². The second kappa shape index (κ2) is 8.39. The zero-order valence-corrected chi connectivity index (χ0v) is 13.7. The van der Waals surface area contributed by atoms with Crippen molar-refractivity contribution in [3.63, 3.8) is 0 Å². The van der Waals surface area contributed by atoms with Crippen molar-refractivity contribution >= 4 is 38.3 Å². The van der Waals surface area contributed by atoms with Crippen LogP contribution in [-0.4, -0.2) is 38.6 Å². The van der Waals surface area contributed by atoms with E-state index in [9.17, 15) is 4.79 Å². The van der Waals surface area contributed by atoms with Gasteiger partial charge in [-0.15, -0.1) is 0 Å². The summed E-state index contributed by atoms with van der Waals surface area (Å²) >= 11 is 0. The molecule has 2 aromatic rings. The molecule has 0 bridgehead atoms. The Hall–Kier alpha value is -1.26. The first kappa shape index (κ1) is 18.8. The molecule has 2 rings (SSSR count). The molecule has 0 aliphatic rings. The summed E-state index contributed by atoms with van der Waals surface area (Å²) in [5, 5.41) is 1.09. The molecule has 0 heterocycles. The summed E-state index contributed by atoms with van der Waals surface area (Å²) in [7, 11) is 3.18. The number of methoxy groups -OCH3 is 2. The van der Waals surface area contributed by atoms with Crippen molar-refractivity contribution in [2.45, 2.75) is 13.8 Å². The van der Waals surface area contributed by atoms with Gasteiger partial charge in [-0.1, -0.05) is 24.3 Å². The number of carbonyl (C=O) groups is 1. The molecule has 1 unspecified atom stereocenters. The van der Waals surface area contributed by atoms with Crippen molar-refractivity contribution in [2.75, 3.05) is 14.2 Å². The molecule has 0 spiro atoms. The van der Waals surface area contributed by atoms with E-state index in [1.54, 1.807) is 26.4 Å². The summed E-state index contributed by atoms with van der Waals surface area (Å²) in [6, 6.07) is 11.4. The van der Waals surface area contributed by atoms with Crippen molar-refractivity contribution in [2.24, 2.45) is 0 Å². The molecule has 2 aromatic carbocycles. The van der Waals surface area contributed by atoms with Gasteiger partial charge in [0.2, 0.25) is 0 Å². The molecule has 0 aliphatic carbocycles. The summed E-state index contributed by atoms with van der Waals surface area (Å²) in [6.45, 7) is 4.06. The van der Waals surface area contributed by atoms with Gasteiger partial charge < -0.3 is 9.47 Å². The molecule has 22 heavy (non-hydrogen) atoms. The van der Waals surface area contributed by atoms with Gasteiger partial charge in [-0.05, 0) is 51.0 Å². The standard InChI is InChI=1S/C17H19O3P.Li.H/c1-11-7-5-8-12(2)16(11)21-17(18)15-13(19-3)9-6-10-14(15)20-4;;/h5-10,21H,1-4H3;;. The topological polar surface area (TPSA) is 35.5 Å². The zero-order valence-electron chi connectivity index (χ0n) is 12.7. The molecular weight excluding hydrogens is 290 g/mol. The summed E-state index contributed by atoms with van der Waals surface area (Å²) in [4.78, 5) is 12.7. The monoisotopic (exact) mass is 310 g/mol. The molecule has 5 heteroatoms. The molecule has 0 saturated carbocycles. The maximum atomic E-state index is 12.7. The van der Waals surface area contributed by atoms with Crippen LogP contribution in [0.15, 0.2) is 36.4 Å². The van der Waals surface area contributed by atoms with Gasteiger partial charge in [0, 0.05) is 0 Å². The zero-order chi connectivity index (χ0) is 15.4. The van der Waals surface area contributed by atoms with Gasteiger partial charge in [0.05, 0.1) is 14.2 Å². The van der Waals surface area contributed by atoms with Crippen LogP contribution in [0.25, 0.3) is 0 Å². The summed E-state index contributed by atoms with van der Waals surface area (Å²) < 4.78 is 10.6. The van der Waals surface area contributed by atoms with Crippen LogP contribution in [0, 0.1) is 13.8 Å². The maximum absolute atomic E-state index is 12.7. The Balaban J connectivity index is 0.00000242. The molecule has 0 saturated heterocycles.